The lowest BCUT2D eigenvalue weighted by molar-refractivity contribution is -0.384. The molecule has 7 nitrogen and oxygen atoms in total. The van der Waals surface area contributed by atoms with Gasteiger partial charge in [0, 0.05) is 18.0 Å². The zero-order valence-corrected chi connectivity index (χ0v) is 13.8. The van der Waals surface area contributed by atoms with Crippen molar-refractivity contribution in [1.82, 2.24) is 9.97 Å². The van der Waals surface area contributed by atoms with E-state index in [0.717, 1.165) is 18.2 Å². The molecule has 0 aliphatic carbocycles. The Morgan fingerprint density at radius 2 is 2.00 bits per heavy atom. The molecule has 0 bridgehead atoms. The number of aromatic nitrogens is 2. The highest BCUT2D eigenvalue weighted by Crippen LogP contribution is 2.26. The Labute approximate surface area is 151 Å². The average molecular weight is 373 g/mol. The molecule has 0 radical (unpaired) electrons. The molecule has 0 unspecified atom stereocenters. The Kier molecular flexibility index (Phi) is 4.85. The lowest BCUT2D eigenvalue weighted by atomic mass is 10.1. The number of hydrogen-bond acceptors (Lipinski definition) is 5. The van der Waals surface area contributed by atoms with Gasteiger partial charge in [0.1, 0.15) is 17.2 Å². The summed E-state index contributed by atoms with van der Waals surface area (Å²) in [6.45, 7) is 0. The molecule has 9 heteroatoms. The average Bonchev–Trinajstić information content (AvgIpc) is 2.63. The normalized spacial score (nSPS) is 10.4. The number of nitrogens with zero attached hydrogens (tertiary/aromatic N) is 3. The van der Waals surface area contributed by atoms with Crippen molar-refractivity contribution in [3.05, 3.63) is 81.5 Å². The smallest absolute Gasteiger partial charge is 0.295 e. The van der Waals surface area contributed by atoms with Crippen LogP contribution in [0.4, 0.5) is 15.8 Å². The number of halogens is 2. The maximum Gasteiger partial charge on any atom is 0.295 e. The Morgan fingerprint density at radius 1 is 1.19 bits per heavy atom. The molecule has 0 saturated heterocycles. The Bertz CT molecular complexity index is 996. The zero-order valence-electron chi connectivity index (χ0n) is 13.0. The molecule has 0 atom stereocenters. The quantitative estimate of drug-likeness (QED) is 0.549. The van der Waals surface area contributed by atoms with E-state index in [4.69, 9.17) is 11.6 Å². The molecule has 3 rings (SSSR count). The SMILES string of the molecule is O=C(Nc1ccc(F)cc1[N+](=O)[O-])c1ccc(-c2ncccc2Cl)cn1. The van der Waals surface area contributed by atoms with Crippen molar-refractivity contribution in [1.29, 1.82) is 0 Å². The number of nitro benzene ring substituents is 1. The van der Waals surface area contributed by atoms with E-state index in [0.29, 0.717) is 16.3 Å². The van der Waals surface area contributed by atoms with Crippen LogP contribution in [-0.2, 0) is 0 Å². The molecular weight excluding hydrogens is 363 g/mol. The van der Waals surface area contributed by atoms with Crippen molar-refractivity contribution < 1.29 is 14.1 Å². The standard InChI is InChI=1S/C17H10ClFN4O3/c18-12-2-1-7-20-16(12)10-3-5-14(21-9-10)17(24)22-13-6-4-11(19)8-15(13)23(25)26/h1-9H,(H,22,24). The fraction of sp³-hybridized carbons (Fsp3) is 0. The van der Waals surface area contributed by atoms with Gasteiger partial charge in [-0.25, -0.2) is 4.39 Å². The van der Waals surface area contributed by atoms with Gasteiger partial charge in [0.2, 0.25) is 0 Å². The summed E-state index contributed by atoms with van der Waals surface area (Å²) in [7, 11) is 0. The van der Waals surface area contributed by atoms with Crippen LogP contribution < -0.4 is 5.32 Å². The number of nitro groups is 1. The second-order valence-corrected chi connectivity index (χ2v) is 5.55. The first-order valence-electron chi connectivity index (χ1n) is 7.28. The molecule has 3 aromatic rings. The van der Waals surface area contributed by atoms with E-state index in [9.17, 15) is 19.3 Å². The third-order valence-electron chi connectivity index (χ3n) is 3.43. The van der Waals surface area contributed by atoms with Gasteiger partial charge in [0.25, 0.3) is 11.6 Å². The van der Waals surface area contributed by atoms with E-state index in [1.165, 1.54) is 12.3 Å². The van der Waals surface area contributed by atoms with Crippen LogP contribution in [0.3, 0.4) is 0 Å². The first-order valence-corrected chi connectivity index (χ1v) is 7.66. The lowest BCUT2D eigenvalue weighted by Crippen LogP contribution is -2.14. The predicted octanol–water partition coefficient (Wildman–Crippen LogP) is 4.10. The topological polar surface area (TPSA) is 98.0 Å². The van der Waals surface area contributed by atoms with Gasteiger partial charge < -0.3 is 5.32 Å². The monoisotopic (exact) mass is 372 g/mol. The van der Waals surface area contributed by atoms with Gasteiger partial charge >= 0.3 is 0 Å². The highest BCUT2D eigenvalue weighted by Gasteiger charge is 2.18. The van der Waals surface area contributed by atoms with Crippen LogP contribution in [0.25, 0.3) is 11.3 Å². The number of anilines is 1. The van der Waals surface area contributed by atoms with Crippen molar-refractivity contribution in [2.45, 2.75) is 0 Å². The van der Waals surface area contributed by atoms with Gasteiger partial charge in [-0.1, -0.05) is 11.6 Å². The Morgan fingerprint density at radius 3 is 2.65 bits per heavy atom. The number of benzene rings is 1. The van der Waals surface area contributed by atoms with E-state index in [1.807, 2.05) is 0 Å². The van der Waals surface area contributed by atoms with Gasteiger partial charge in [0.05, 0.1) is 21.7 Å². The van der Waals surface area contributed by atoms with E-state index < -0.39 is 22.3 Å². The number of carbonyl (C=O) groups is 1. The summed E-state index contributed by atoms with van der Waals surface area (Å²) in [6, 6.07) is 9.28. The number of nitrogens with one attached hydrogen (secondary N) is 1. The summed E-state index contributed by atoms with van der Waals surface area (Å²) >= 11 is 6.06. The van der Waals surface area contributed by atoms with Gasteiger partial charge in [-0.3, -0.25) is 24.9 Å². The largest absolute Gasteiger partial charge is 0.315 e. The summed E-state index contributed by atoms with van der Waals surface area (Å²) in [5, 5.41) is 13.8. The van der Waals surface area contributed by atoms with Crippen molar-refractivity contribution >= 4 is 28.9 Å². The van der Waals surface area contributed by atoms with Crippen molar-refractivity contribution in [2.75, 3.05) is 5.32 Å². The third kappa shape index (κ3) is 3.65. The van der Waals surface area contributed by atoms with Gasteiger partial charge in [-0.15, -0.1) is 0 Å². The minimum absolute atomic E-state index is 0.0272. The van der Waals surface area contributed by atoms with Crippen molar-refractivity contribution in [3.63, 3.8) is 0 Å². The van der Waals surface area contributed by atoms with Crippen LogP contribution in [0, 0.1) is 15.9 Å². The fourth-order valence-corrected chi connectivity index (χ4v) is 2.44. The summed E-state index contributed by atoms with van der Waals surface area (Å²) in [4.78, 5) is 30.6. The second-order valence-electron chi connectivity index (χ2n) is 5.14. The molecular formula is C17H10ClFN4O3. The summed E-state index contributed by atoms with van der Waals surface area (Å²) in [5.74, 6) is -1.44. The fourth-order valence-electron chi connectivity index (χ4n) is 2.21. The molecule has 26 heavy (non-hydrogen) atoms. The van der Waals surface area contributed by atoms with E-state index in [-0.39, 0.29) is 11.4 Å². The maximum absolute atomic E-state index is 13.2. The van der Waals surface area contributed by atoms with Crippen LogP contribution in [0.5, 0.6) is 0 Å². The van der Waals surface area contributed by atoms with Crippen LogP contribution in [0.15, 0.2) is 54.9 Å². The van der Waals surface area contributed by atoms with E-state index in [2.05, 4.69) is 15.3 Å². The molecule has 2 heterocycles. The molecule has 0 fully saturated rings. The Balaban J connectivity index is 1.84. The molecule has 1 N–H and O–H groups in total. The summed E-state index contributed by atoms with van der Waals surface area (Å²) in [6.07, 6.45) is 3.00. The summed E-state index contributed by atoms with van der Waals surface area (Å²) < 4.78 is 13.2. The molecule has 0 saturated carbocycles. The minimum Gasteiger partial charge on any atom is -0.315 e. The molecule has 0 spiro atoms. The first kappa shape index (κ1) is 17.4. The maximum atomic E-state index is 13.2. The van der Waals surface area contributed by atoms with Crippen LogP contribution in [-0.4, -0.2) is 20.8 Å². The minimum atomic E-state index is -0.779. The number of rotatable bonds is 4. The predicted molar refractivity (Wildman–Crippen MR) is 93.5 cm³/mol. The number of hydrogen-bond donors (Lipinski definition) is 1. The lowest BCUT2D eigenvalue weighted by Gasteiger charge is -2.07. The molecule has 0 aliphatic heterocycles. The second kappa shape index (κ2) is 7.24. The molecule has 2 aromatic heterocycles. The van der Waals surface area contributed by atoms with Crippen LogP contribution >= 0.6 is 11.6 Å². The Hall–Kier alpha value is -3.39. The number of amides is 1. The van der Waals surface area contributed by atoms with Crippen molar-refractivity contribution in [3.8, 4) is 11.3 Å². The number of carbonyl (C=O) groups excluding carboxylic acids is 1. The zero-order chi connectivity index (χ0) is 18.7. The van der Waals surface area contributed by atoms with Crippen LogP contribution in [0.1, 0.15) is 10.5 Å². The molecule has 130 valence electrons. The highest BCUT2D eigenvalue weighted by molar-refractivity contribution is 6.33. The first-order chi connectivity index (χ1) is 12.5. The molecule has 1 aromatic carbocycles. The van der Waals surface area contributed by atoms with Gasteiger partial charge in [0.15, 0.2) is 0 Å². The van der Waals surface area contributed by atoms with E-state index in [1.54, 1.807) is 24.4 Å². The van der Waals surface area contributed by atoms with Crippen molar-refractivity contribution in [2.24, 2.45) is 0 Å². The van der Waals surface area contributed by atoms with Gasteiger partial charge in [-0.2, -0.15) is 0 Å². The van der Waals surface area contributed by atoms with Gasteiger partial charge in [-0.05, 0) is 36.4 Å². The highest BCUT2D eigenvalue weighted by atomic mass is 35.5. The molecule has 1 amide bonds. The summed E-state index contributed by atoms with van der Waals surface area (Å²) in [5.41, 5.74) is 0.484. The number of pyridine rings is 2. The third-order valence-corrected chi connectivity index (χ3v) is 3.74. The molecule has 0 aliphatic rings. The van der Waals surface area contributed by atoms with E-state index >= 15 is 0 Å². The van der Waals surface area contributed by atoms with Crippen LogP contribution in [0.2, 0.25) is 5.02 Å².